The smallest absolute Gasteiger partial charge is 0.326 e. The second-order valence-corrected chi connectivity index (χ2v) is 16.6. The number of likely N-dealkylation sites (tertiary alicyclic amines) is 2. The molecule has 39 heavy (non-hydrogen) atoms. The Morgan fingerprint density at radius 1 is 0.821 bits per heavy atom. The standard InChI is InChI=1S/C27H48N2O6S4/c1-18(2)9-5-6-10-21(39-38-16-20(4)25(31)29-14-8-12-23(29)27(34)35)17-37-36-15-19(3)24(30)28-13-7-11-22(28)26(32)33/h18-24,30H,5-17H2,1-4H3,(H,32,33)(H,34,35). The van der Waals surface area contributed by atoms with Crippen LogP contribution in [0.1, 0.15) is 79.1 Å². The summed E-state index contributed by atoms with van der Waals surface area (Å²) in [7, 11) is 7.10. The Kier molecular flexibility index (Phi) is 16.4. The van der Waals surface area contributed by atoms with Crippen molar-refractivity contribution in [1.82, 2.24) is 9.80 Å². The van der Waals surface area contributed by atoms with Crippen molar-refractivity contribution in [2.45, 2.75) is 103 Å². The maximum atomic E-state index is 12.9. The molecule has 0 aromatic carbocycles. The summed E-state index contributed by atoms with van der Waals surface area (Å²) in [5.41, 5.74) is 0. The number of nitrogens with zero attached hydrogens (tertiary/aromatic N) is 2. The summed E-state index contributed by atoms with van der Waals surface area (Å²) in [6.45, 7) is 9.54. The lowest BCUT2D eigenvalue weighted by atomic mass is 10.0. The molecule has 2 aliphatic rings. The summed E-state index contributed by atoms with van der Waals surface area (Å²) in [5, 5.41) is 30.0. The van der Waals surface area contributed by atoms with Crippen molar-refractivity contribution in [3.63, 3.8) is 0 Å². The molecule has 2 aliphatic heterocycles. The lowest BCUT2D eigenvalue weighted by Crippen LogP contribution is -2.46. The van der Waals surface area contributed by atoms with Crippen molar-refractivity contribution >= 4 is 61.0 Å². The van der Waals surface area contributed by atoms with Crippen LogP contribution >= 0.6 is 43.2 Å². The Labute approximate surface area is 250 Å². The highest BCUT2D eigenvalue weighted by molar-refractivity contribution is 8.78. The van der Waals surface area contributed by atoms with Gasteiger partial charge in [0, 0.05) is 47.4 Å². The first-order valence-electron chi connectivity index (χ1n) is 14.3. The van der Waals surface area contributed by atoms with Crippen molar-refractivity contribution in [2.75, 3.05) is 30.3 Å². The van der Waals surface area contributed by atoms with Crippen molar-refractivity contribution in [3.8, 4) is 0 Å². The molecule has 2 heterocycles. The second-order valence-electron chi connectivity index (χ2n) is 11.3. The van der Waals surface area contributed by atoms with E-state index in [4.69, 9.17) is 0 Å². The maximum Gasteiger partial charge on any atom is 0.326 e. The molecular weight excluding hydrogens is 577 g/mol. The zero-order chi connectivity index (χ0) is 28.9. The fraction of sp³-hybridized carbons (Fsp3) is 0.889. The van der Waals surface area contributed by atoms with Crippen LogP contribution in [0.5, 0.6) is 0 Å². The van der Waals surface area contributed by atoms with Crippen molar-refractivity contribution < 1.29 is 29.7 Å². The van der Waals surface area contributed by atoms with Crippen molar-refractivity contribution in [2.24, 2.45) is 17.8 Å². The van der Waals surface area contributed by atoms with Crippen LogP contribution in [0.3, 0.4) is 0 Å². The van der Waals surface area contributed by atoms with E-state index in [2.05, 4.69) is 13.8 Å². The zero-order valence-electron chi connectivity index (χ0n) is 23.8. The summed E-state index contributed by atoms with van der Waals surface area (Å²) in [6, 6.07) is -1.26. The average molecular weight is 625 g/mol. The molecule has 0 spiro atoms. The Balaban J connectivity index is 1.77. The first-order chi connectivity index (χ1) is 18.5. The number of carbonyl (C=O) groups excluding carboxylic acids is 1. The van der Waals surface area contributed by atoms with Crippen LogP contribution in [0.4, 0.5) is 0 Å². The number of carboxylic acids is 2. The van der Waals surface area contributed by atoms with Gasteiger partial charge in [0.2, 0.25) is 5.91 Å². The van der Waals surface area contributed by atoms with E-state index in [-0.39, 0.29) is 17.7 Å². The third-order valence-electron chi connectivity index (χ3n) is 7.42. The molecule has 0 aliphatic carbocycles. The van der Waals surface area contributed by atoms with E-state index < -0.39 is 30.3 Å². The van der Waals surface area contributed by atoms with Crippen LogP contribution in [-0.2, 0) is 14.4 Å². The topological polar surface area (TPSA) is 118 Å². The molecule has 12 heteroatoms. The van der Waals surface area contributed by atoms with Crippen LogP contribution in [-0.4, -0.2) is 96.9 Å². The van der Waals surface area contributed by atoms with Crippen LogP contribution in [0, 0.1) is 17.8 Å². The van der Waals surface area contributed by atoms with Gasteiger partial charge in [0.25, 0.3) is 0 Å². The van der Waals surface area contributed by atoms with Gasteiger partial charge in [-0.3, -0.25) is 14.5 Å². The lowest BCUT2D eigenvalue weighted by molar-refractivity contribution is -0.149. The Morgan fingerprint density at radius 3 is 2.10 bits per heavy atom. The highest BCUT2D eigenvalue weighted by atomic mass is 33.1. The molecule has 226 valence electrons. The van der Waals surface area contributed by atoms with E-state index in [0.717, 1.165) is 30.8 Å². The van der Waals surface area contributed by atoms with E-state index in [1.807, 2.05) is 24.6 Å². The molecule has 0 radical (unpaired) electrons. The van der Waals surface area contributed by atoms with Gasteiger partial charge in [0.05, 0.1) is 0 Å². The number of carbonyl (C=O) groups is 3. The molecule has 0 bridgehead atoms. The van der Waals surface area contributed by atoms with Crippen LogP contribution in [0.15, 0.2) is 0 Å². The fourth-order valence-corrected chi connectivity index (χ4v) is 11.4. The van der Waals surface area contributed by atoms with Crippen LogP contribution in [0.25, 0.3) is 0 Å². The molecule has 0 saturated carbocycles. The number of hydrogen-bond acceptors (Lipinski definition) is 9. The minimum atomic E-state index is -0.907. The minimum absolute atomic E-state index is 0.0268. The molecule has 0 aromatic rings. The number of hydrogen-bond donors (Lipinski definition) is 3. The first-order valence-corrected chi connectivity index (χ1v) is 19.1. The van der Waals surface area contributed by atoms with Gasteiger partial charge in [-0.2, -0.15) is 0 Å². The molecular formula is C27H48N2O6S4. The monoisotopic (exact) mass is 624 g/mol. The summed E-state index contributed by atoms with van der Waals surface area (Å²) in [5.74, 6) is 1.02. The van der Waals surface area contributed by atoms with Gasteiger partial charge in [-0.05, 0) is 38.0 Å². The number of aliphatic hydroxyl groups excluding tert-OH is 1. The van der Waals surface area contributed by atoms with E-state index in [0.29, 0.717) is 42.9 Å². The summed E-state index contributed by atoms with van der Waals surface area (Å²) in [6.07, 6.45) is 6.66. The average Bonchev–Trinajstić information content (AvgIpc) is 3.57. The van der Waals surface area contributed by atoms with E-state index in [1.54, 1.807) is 42.2 Å². The van der Waals surface area contributed by atoms with Gasteiger partial charge in [-0.1, -0.05) is 90.1 Å². The molecule has 6 unspecified atom stereocenters. The number of carboxylic acid groups (broad SMARTS) is 2. The van der Waals surface area contributed by atoms with E-state index >= 15 is 0 Å². The summed E-state index contributed by atoms with van der Waals surface area (Å²) < 4.78 is 0. The molecule has 0 aromatic heterocycles. The van der Waals surface area contributed by atoms with Gasteiger partial charge in [-0.15, -0.1) is 0 Å². The number of rotatable bonds is 19. The maximum absolute atomic E-state index is 12.9. The second kappa shape index (κ2) is 18.3. The predicted molar refractivity (Wildman–Crippen MR) is 166 cm³/mol. The van der Waals surface area contributed by atoms with Gasteiger partial charge in [0.1, 0.15) is 18.3 Å². The molecule has 2 fully saturated rings. The van der Waals surface area contributed by atoms with Gasteiger partial charge >= 0.3 is 11.9 Å². The molecule has 1 amide bonds. The Hall–Kier alpha value is -0.270. The Morgan fingerprint density at radius 2 is 1.44 bits per heavy atom. The lowest BCUT2D eigenvalue weighted by Gasteiger charge is -2.31. The number of aliphatic carboxylic acids is 2. The van der Waals surface area contributed by atoms with Gasteiger partial charge in [0.15, 0.2) is 0 Å². The Bertz CT molecular complexity index is 777. The van der Waals surface area contributed by atoms with Crippen molar-refractivity contribution in [1.29, 1.82) is 0 Å². The summed E-state index contributed by atoms with van der Waals surface area (Å²) >= 11 is 0. The zero-order valence-corrected chi connectivity index (χ0v) is 27.1. The molecule has 2 saturated heterocycles. The molecule has 8 nitrogen and oxygen atoms in total. The number of amides is 1. The van der Waals surface area contributed by atoms with E-state index in [9.17, 15) is 29.7 Å². The van der Waals surface area contributed by atoms with Crippen molar-refractivity contribution in [3.05, 3.63) is 0 Å². The highest BCUT2D eigenvalue weighted by Gasteiger charge is 2.37. The van der Waals surface area contributed by atoms with Crippen LogP contribution in [0.2, 0.25) is 0 Å². The summed E-state index contributed by atoms with van der Waals surface area (Å²) in [4.78, 5) is 39.1. The van der Waals surface area contributed by atoms with E-state index in [1.165, 1.54) is 19.3 Å². The van der Waals surface area contributed by atoms with Crippen LogP contribution < -0.4 is 0 Å². The highest BCUT2D eigenvalue weighted by Crippen LogP contribution is 2.37. The van der Waals surface area contributed by atoms with Gasteiger partial charge < -0.3 is 20.2 Å². The predicted octanol–water partition coefficient (Wildman–Crippen LogP) is 5.55. The number of aliphatic hydroxyl groups is 1. The minimum Gasteiger partial charge on any atom is -0.480 e. The normalized spacial score (nSPS) is 23.2. The molecule has 6 atom stereocenters. The SMILES string of the molecule is CC(C)CCCCC(CSSCC(C)C(O)N1CCCC1C(=O)O)SSCC(C)C(=O)N1CCCC1C(=O)O. The largest absolute Gasteiger partial charge is 0.480 e. The quantitative estimate of drug-likeness (QED) is 0.124. The third kappa shape index (κ3) is 11.9. The third-order valence-corrected chi connectivity index (χ3v) is 13.4. The van der Waals surface area contributed by atoms with Gasteiger partial charge in [-0.25, -0.2) is 4.79 Å². The number of unbranched alkanes of at least 4 members (excludes halogenated alkanes) is 1. The molecule has 2 rings (SSSR count). The first kappa shape index (κ1) is 34.9. The molecule has 3 N–H and O–H groups in total. The fourth-order valence-electron chi connectivity index (χ4n) is 5.03.